The first-order valence-corrected chi connectivity index (χ1v) is 5.96. The molecule has 7 heteroatoms. The van der Waals surface area contributed by atoms with Crippen molar-refractivity contribution >= 4 is 17.7 Å². The van der Waals surface area contributed by atoms with Crippen molar-refractivity contribution in [3.63, 3.8) is 0 Å². The predicted molar refractivity (Wildman–Crippen MR) is 65.8 cm³/mol. The summed E-state index contributed by atoms with van der Waals surface area (Å²) in [6.07, 6.45) is 1.70. The third-order valence-corrected chi connectivity index (χ3v) is 3.34. The molecule has 90 valence electrons. The van der Waals surface area contributed by atoms with E-state index < -0.39 is 0 Å². The van der Waals surface area contributed by atoms with E-state index in [0.717, 1.165) is 10.7 Å². The third kappa shape index (κ3) is 2.50. The zero-order chi connectivity index (χ0) is 12.3. The van der Waals surface area contributed by atoms with E-state index in [1.54, 1.807) is 17.9 Å². The van der Waals surface area contributed by atoms with Gasteiger partial charge in [0.05, 0.1) is 7.11 Å². The van der Waals surface area contributed by atoms with Crippen molar-refractivity contribution in [2.75, 3.05) is 12.8 Å². The third-order valence-electron chi connectivity index (χ3n) is 2.27. The number of ether oxygens (including phenoxy) is 1. The minimum atomic E-state index is 0.408. The van der Waals surface area contributed by atoms with Crippen molar-refractivity contribution in [1.29, 1.82) is 0 Å². The molecule has 2 N–H and O–H groups in total. The Bertz CT molecular complexity index is 513. The fourth-order valence-electron chi connectivity index (χ4n) is 1.31. The summed E-state index contributed by atoms with van der Waals surface area (Å²) in [5.74, 6) is 1.75. The van der Waals surface area contributed by atoms with Crippen molar-refractivity contribution in [2.45, 2.75) is 10.9 Å². The number of rotatable bonds is 4. The Labute approximate surface area is 103 Å². The zero-order valence-corrected chi connectivity index (χ0v) is 10.4. The lowest BCUT2D eigenvalue weighted by Crippen LogP contribution is -1.98. The molecule has 2 rings (SSSR count). The van der Waals surface area contributed by atoms with Crippen LogP contribution in [0.4, 0.5) is 5.95 Å². The fourth-order valence-corrected chi connectivity index (χ4v) is 2.20. The van der Waals surface area contributed by atoms with Crippen molar-refractivity contribution in [2.24, 2.45) is 7.05 Å². The average molecular weight is 251 g/mol. The number of nitrogen functional groups attached to an aromatic ring is 1. The molecule has 2 aromatic rings. The van der Waals surface area contributed by atoms with E-state index in [2.05, 4.69) is 15.2 Å². The monoisotopic (exact) mass is 251 g/mol. The first-order chi connectivity index (χ1) is 8.22. The van der Waals surface area contributed by atoms with Gasteiger partial charge in [-0.15, -0.1) is 10.2 Å². The first kappa shape index (κ1) is 11.7. The van der Waals surface area contributed by atoms with Crippen LogP contribution in [0, 0.1) is 0 Å². The minimum absolute atomic E-state index is 0.408. The number of hydrogen-bond donors (Lipinski definition) is 1. The molecule has 0 radical (unpaired) electrons. The van der Waals surface area contributed by atoms with E-state index in [0.29, 0.717) is 17.6 Å². The molecule has 6 nitrogen and oxygen atoms in total. The number of thioether (sulfide) groups is 1. The maximum absolute atomic E-state index is 5.60. The minimum Gasteiger partial charge on any atom is -0.481 e. The number of pyridine rings is 1. The quantitative estimate of drug-likeness (QED) is 0.819. The average Bonchev–Trinajstić information content (AvgIpc) is 2.68. The van der Waals surface area contributed by atoms with Gasteiger partial charge in [-0.1, -0.05) is 17.8 Å². The summed E-state index contributed by atoms with van der Waals surface area (Å²) in [6, 6.07) is 3.85. The Morgan fingerprint density at radius 2 is 2.29 bits per heavy atom. The molecule has 0 aliphatic heterocycles. The fraction of sp³-hybridized carbons (Fsp3) is 0.300. The Morgan fingerprint density at radius 3 is 2.94 bits per heavy atom. The van der Waals surface area contributed by atoms with Gasteiger partial charge >= 0.3 is 0 Å². The number of anilines is 1. The van der Waals surface area contributed by atoms with Crippen LogP contribution in [0.1, 0.15) is 5.56 Å². The molecule has 0 saturated heterocycles. The standard InChI is InChI=1S/C10H13N5OS/c1-15-9(11)13-14-10(15)17-6-7-4-3-5-12-8(7)16-2/h3-5H,6H2,1-2H3,(H2,11,13). The van der Waals surface area contributed by atoms with Gasteiger partial charge in [-0.25, -0.2) is 4.98 Å². The lowest BCUT2D eigenvalue weighted by atomic mass is 10.3. The second kappa shape index (κ2) is 5.05. The Balaban J connectivity index is 2.10. The van der Waals surface area contributed by atoms with Crippen molar-refractivity contribution in [3.8, 4) is 5.88 Å². The van der Waals surface area contributed by atoms with Crippen LogP contribution in [0.25, 0.3) is 0 Å². The van der Waals surface area contributed by atoms with Crippen molar-refractivity contribution in [1.82, 2.24) is 19.7 Å². The predicted octanol–water partition coefficient (Wildman–Crippen LogP) is 1.09. The molecule has 0 saturated carbocycles. The van der Waals surface area contributed by atoms with Gasteiger partial charge in [-0.05, 0) is 6.07 Å². The molecule has 0 atom stereocenters. The van der Waals surface area contributed by atoms with E-state index in [-0.39, 0.29) is 0 Å². The van der Waals surface area contributed by atoms with Crippen LogP contribution in [0.3, 0.4) is 0 Å². The summed E-state index contributed by atoms with van der Waals surface area (Å²) in [6.45, 7) is 0. The normalized spacial score (nSPS) is 10.5. The Morgan fingerprint density at radius 1 is 1.47 bits per heavy atom. The van der Waals surface area contributed by atoms with E-state index in [1.807, 2.05) is 19.2 Å². The molecule has 0 fully saturated rings. The first-order valence-electron chi connectivity index (χ1n) is 4.98. The molecule has 2 heterocycles. The molecule has 2 aromatic heterocycles. The SMILES string of the molecule is COc1ncccc1CSc1nnc(N)n1C. The van der Waals surface area contributed by atoms with E-state index in [4.69, 9.17) is 10.5 Å². The van der Waals surface area contributed by atoms with Gasteiger partial charge in [0.2, 0.25) is 11.8 Å². The molecule has 0 spiro atoms. The molecule has 0 aliphatic carbocycles. The van der Waals surface area contributed by atoms with Gasteiger partial charge in [0, 0.05) is 24.6 Å². The van der Waals surface area contributed by atoms with Crippen molar-refractivity contribution in [3.05, 3.63) is 23.9 Å². The second-order valence-electron chi connectivity index (χ2n) is 3.36. The van der Waals surface area contributed by atoms with Crippen LogP contribution in [-0.2, 0) is 12.8 Å². The summed E-state index contributed by atoms with van der Waals surface area (Å²) in [4.78, 5) is 4.13. The summed E-state index contributed by atoms with van der Waals surface area (Å²) < 4.78 is 6.92. The molecule has 0 bridgehead atoms. The molecule has 0 amide bonds. The highest BCUT2D eigenvalue weighted by molar-refractivity contribution is 7.98. The topological polar surface area (TPSA) is 78.8 Å². The summed E-state index contributed by atoms with van der Waals surface area (Å²) >= 11 is 1.54. The number of methoxy groups -OCH3 is 1. The van der Waals surface area contributed by atoms with Gasteiger partial charge in [-0.3, -0.25) is 4.57 Å². The number of hydrogen-bond acceptors (Lipinski definition) is 6. The van der Waals surface area contributed by atoms with Gasteiger partial charge in [-0.2, -0.15) is 0 Å². The van der Waals surface area contributed by atoms with Crippen LogP contribution >= 0.6 is 11.8 Å². The smallest absolute Gasteiger partial charge is 0.222 e. The Kier molecular flexibility index (Phi) is 3.48. The molecule has 17 heavy (non-hydrogen) atoms. The van der Waals surface area contributed by atoms with Gasteiger partial charge in [0.1, 0.15) is 0 Å². The largest absolute Gasteiger partial charge is 0.481 e. The van der Waals surface area contributed by atoms with Crippen LogP contribution in [0.5, 0.6) is 5.88 Å². The summed E-state index contributed by atoms with van der Waals surface area (Å²) in [5, 5.41) is 8.54. The number of aromatic nitrogens is 4. The summed E-state index contributed by atoms with van der Waals surface area (Å²) in [5.41, 5.74) is 6.62. The Hall–Kier alpha value is -1.76. The van der Waals surface area contributed by atoms with Gasteiger partial charge in [0.15, 0.2) is 5.16 Å². The zero-order valence-electron chi connectivity index (χ0n) is 9.62. The highest BCUT2D eigenvalue weighted by Crippen LogP contribution is 2.25. The molecular formula is C10H13N5OS. The van der Waals surface area contributed by atoms with Crippen LogP contribution in [0.2, 0.25) is 0 Å². The second-order valence-corrected chi connectivity index (χ2v) is 4.30. The lowest BCUT2D eigenvalue weighted by molar-refractivity contribution is 0.394. The highest BCUT2D eigenvalue weighted by atomic mass is 32.2. The summed E-state index contributed by atoms with van der Waals surface area (Å²) in [7, 11) is 3.44. The molecule has 0 aliphatic rings. The van der Waals surface area contributed by atoms with Gasteiger partial charge in [0.25, 0.3) is 0 Å². The van der Waals surface area contributed by atoms with Gasteiger partial charge < -0.3 is 10.5 Å². The number of nitrogens with zero attached hydrogens (tertiary/aromatic N) is 4. The molecular weight excluding hydrogens is 238 g/mol. The maximum atomic E-state index is 5.60. The lowest BCUT2D eigenvalue weighted by Gasteiger charge is -2.05. The van der Waals surface area contributed by atoms with Crippen molar-refractivity contribution < 1.29 is 4.74 Å². The van der Waals surface area contributed by atoms with Crippen LogP contribution < -0.4 is 10.5 Å². The molecule has 0 aromatic carbocycles. The van der Waals surface area contributed by atoms with E-state index in [9.17, 15) is 0 Å². The highest BCUT2D eigenvalue weighted by Gasteiger charge is 2.09. The van der Waals surface area contributed by atoms with E-state index >= 15 is 0 Å². The van der Waals surface area contributed by atoms with Crippen LogP contribution in [-0.4, -0.2) is 26.9 Å². The number of nitrogens with two attached hydrogens (primary N) is 1. The maximum Gasteiger partial charge on any atom is 0.222 e. The van der Waals surface area contributed by atoms with E-state index in [1.165, 1.54) is 11.8 Å². The molecule has 0 unspecified atom stereocenters. The van der Waals surface area contributed by atoms with Crippen LogP contribution in [0.15, 0.2) is 23.5 Å².